The van der Waals surface area contributed by atoms with Crippen molar-refractivity contribution < 1.29 is 14.7 Å². The number of hydrogen-bond acceptors (Lipinski definition) is 2. The number of anilines is 1. The van der Waals surface area contributed by atoms with Gasteiger partial charge in [-0.2, -0.15) is 0 Å². The second kappa shape index (κ2) is 7.25. The number of benzene rings is 1. The molecule has 0 heterocycles. The Morgan fingerprint density at radius 3 is 2.33 bits per heavy atom. The van der Waals surface area contributed by atoms with E-state index >= 15 is 0 Å². The molecule has 1 atom stereocenters. The molecule has 1 unspecified atom stereocenters. The molecule has 0 aliphatic heterocycles. The third kappa shape index (κ3) is 4.88. The zero-order valence-corrected chi connectivity index (χ0v) is 13.5. The maximum Gasteiger partial charge on any atom is 0.308 e. The second-order valence-corrected chi connectivity index (χ2v) is 6.13. The molecule has 4 nitrogen and oxygen atoms in total. The molecule has 1 aromatic rings. The molecule has 0 fully saturated rings. The number of aliphatic carboxylic acids is 1. The molecule has 0 aliphatic rings. The Kier molecular flexibility index (Phi) is 5.94. The SMILES string of the molecule is Cc1ccc(C)c(N(CC(C)C(=O)O)C(=O)CC(C)C)c1. The van der Waals surface area contributed by atoms with Crippen molar-refractivity contribution in [3.63, 3.8) is 0 Å². The van der Waals surface area contributed by atoms with Crippen molar-refractivity contribution in [2.24, 2.45) is 11.8 Å². The Morgan fingerprint density at radius 1 is 1.19 bits per heavy atom. The van der Waals surface area contributed by atoms with Gasteiger partial charge in [0.1, 0.15) is 0 Å². The summed E-state index contributed by atoms with van der Waals surface area (Å²) in [4.78, 5) is 25.3. The highest BCUT2D eigenvalue weighted by Gasteiger charge is 2.23. The minimum Gasteiger partial charge on any atom is -0.481 e. The van der Waals surface area contributed by atoms with E-state index in [2.05, 4.69) is 0 Å². The largest absolute Gasteiger partial charge is 0.481 e. The Balaban J connectivity index is 3.14. The van der Waals surface area contributed by atoms with Crippen LogP contribution in [0.15, 0.2) is 18.2 Å². The van der Waals surface area contributed by atoms with Gasteiger partial charge in [-0.1, -0.05) is 32.9 Å². The van der Waals surface area contributed by atoms with E-state index < -0.39 is 11.9 Å². The first kappa shape index (κ1) is 17.2. The van der Waals surface area contributed by atoms with E-state index in [9.17, 15) is 9.59 Å². The van der Waals surface area contributed by atoms with Crippen LogP contribution in [0.25, 0.3) is 0 Å². The van der Waals surface area contributed by atoms with Crippen molar-refractivity contribution in [2.45, 2.75) is 41.0 Å². The van der Waals surface area contributed by atoms with E-state index in [4.69, 9.17) is 5.11 Å². The number of carboxylic acid groups (broad SMARTS) is 1. The number of carbonyl (C=O) groups is 2. The van der Waals surface area contributed by atoms with Gasteiger partial charge in [0.2, 0.25) is 5.91 Å². The zero-order chi connectivity index (χ0) is 16.2. The van der Waals surface area contributed by atoms with Gasteiger partial charge in [-0.15, -0.1) is 0 Å². The van der Waals surface area contributed by atoms with Crippen LogP contribution < -0.4 is 4.90 Å². The van der Waals surface area contributed by atoms with Crippen LogP contribution in [0.1, 0.15) is 38.3 Å². The number of carboxylic acids is 1. The summed E-state index contributed by atoms with van der Waals surface area (Å²) >= 11 is 0. The number of aryl methyl sites for hydroxylation is 2. The summed E-state index contributed by atoms with van der Waals surface area (Å²) in [7, 11) is 0. The van der Waals surface area contributed by atoms with Gasteiger partial charge in [-0.3, -0.25) is 9.59 Å². The monoisotopic (exact) mass is 291 g/mol. The van der Waals surface area contributed by atoms with Gasteiger partial charge < -0.3 is 10.0 Å². The first-order valence-corrected chi connectivity index (χ1v) is 7.32. The molecular weight excluding hydrogens is 266 g/mol. The van der Waals surface area contributed by atoms with Gasteiger partial charge >= 0.3 is 5.97 Å². The average molecular weight is 291 g/mol. The molecule has 0 saturated carbocycles. The van der Waals surface area contributed by atoms with Crippen molar-refractivity contribution in [1.29, 1.82) is 0 Å². The van der Waals surface area contributed by atoms with Gasteiger partial charge in [0.05, 0.1) is 5.92 Å². The van der Waals surface area contributed by atoms with Crippen LogP contribution in [0, 0.1) is 25.7 Å². The molecule has 1 rings (SSSR count). The Morgan fingerprint density at radius 2 is 1.81 bits per heavy atom. The fourth-order valence-electron chi connectivity index (χ4n) is 2.16. The second-order valence-electron chi connectivity index (χ2n) is 6.13. The van der Waals surface area contributed by atoms with Crippen molar-refractivity contribution in [3.8, 4) is 0 Å². The van der Waals surface area contributed by atoms with Crippen LogP contribution in [-0.4, -0.2) is 23.5 Å². The average Bonchev–Trinajstić information content (AvgIpc) is 2.37. The van der Waals surface area contributed by atoms with Gasteiger partial charge in [-0.25, -0.2) is 0 Å². The highest BCUT2D eigenvalue weighted by molar-refractivity contribution is 5.95. The number of carbonyl (C=O) groups excluding carboxylic acids is 1. The normalized spacial score (nSPS) is 12.3. The molecule has 0 radical (unpaired) electrons. The predicted molar refractivity (Wildman–Crippen MR) is 84.5 cm³/mol. The number of amides is 1. The Bertz CT molecular complexity index is 523. The molecule has 1 amide bonds. The van der Waals surface area contributed by atoms with E-state index in [0.717, 1.165) is 16.8 Å². The maximum atomic E-state index is 12.5. The first-order valence-electron chi connectivity index (χ1n) is 7.32. The molecule has 1 aromatic carbocycles. The smallest absolute Gasteiger partial charge is 0.308 e. The van der Waals surface area contributed by atoms with Crippen LogP contribution in [0.5, 0.6) is 0 Å². The lowest BCUT2D eigenvalue weighted by Crippen LogP contribution is -2.38. The fourth-order valence-corrected chi connectivity index (χ4v) is 2.16. The van der Waals surface area contributed by atoms with Gasteiger partial charge in [0, 0.05) is 18.7 Å². The molecule has 4 heteroatoms. The summed E-state index contributed by atoms with van der Waals surface area (Å²) in [6.45, 7) is 9.71. The summed E-state index contributed by atoms with van der Waals surface area (Å²) in [6.07, 6.45) is 0.416. The Labute approximate surface area is 126 Å². The van der Waals surface area contributed by atoms with E-state index in [0.29, 0.717) is 6.42 Å². The quantitative estimate of drug-likeness (QED) is 0.874. The molecule has 0 bridgehead atoms. The molecule has 0 saturated heterocycles. The van der Waals surface area contributed by atoms with Gasteiger partial charge in [0.25, 0.3) is 0 Å². The van der Waals surface area contributed by atoms with Gasteiger partial charge in [0.15, 0.2) is 0 Å². The Hall–Kier alpha value is -1.84. The predicted octanol–water partition coefficient (Wildman–Crippen LogP) is 3.40. The lowest BCUT2D eigenvalue weighted by molar-refractivity contribution is -0.140. The number of hydrogen-bond donors (Lipinski definition) is 1. The lowest BCUT2D eigenvalue weighted by Gasteiger charge is -2.27. The van der Waals surface area contributed by atoms with Crippen molar-refractivity contribution >= 4 is 17.6 Å². The minimum absolute atomic E-state index is 0.0215. The highest BCUT2D eigenvalue weighted by atomic mass is 16.4. The summed E-state index contributed by atoms with van der Waals surface area (Å²) in [6, 6.07) is 5.90. The van der Waals surface area contributed by atoms with Gasteiger partial charge in [-0.05, 0) is 37.0 Å². The van der Waals surface area contributed by atoms with E-state index in [1.165, 1.54) is 0 Å². The van der Waals surface area contributed by atoms with Crippen LogP contribution in [-0.2, 0) is 9.59 Å². The zero-order valence-electron chi connectivity index (χ0n) is 13.5. The van der Waals surface area contributed by atoms with Crippen LogP contribution in [0.4, 0.5) is 5.69 Å². The fraction of sp³-hybridized carbons (Fsp3) is 0.529. The molecular formula is C17H25NO3. The van der Waals surface area contributed by atoms with E-state index in [1.54, 1.807) is 11.8 Å². The molecule has 21 heavy (non-hydrogen) atoms. The third-order valence-corrected chi connectivity index (χ3v) is 3.42. The number of rotatable bonds is 6. The topological polar surface area (TPSA) is 57.6 Å². The lowest BCUT2D eigenvalue weighted by atomic mass is 10.0. The van der Waals surface area contributed by atoms with Crippen LogP contribution in [0.3, 0.4) is 0 Å². The standard InChI is InChI=1S/C17H25NO3/c1-11(2)8-16(19)18(10-14(5)17(20)21)15-9-12(3)6-7-13(15)4/h6-7,9,11,14H,8,10H2,1-5H3,(H,20,21). The maximum absolute atomic E-state index is 12.5. The van der Waals surface area contributed by atoms with Crippen LogP contribution >= 0.6 is 0 Å². The summed E-state index contributed by atoms with van der Waals surface area (Å²) < 4.78 is 0. The highest BCUT2D eigenvalue weighted by Crippen LogP contribution is 2.24. The van der Waals surface area contributed by atoms with E-state index in [1.807, 2.05) is 45.9 Å². The minimum atomic E-state index is -0.886. The molecule has 116 valence electrons. The van der Waals surface area contributed by atoms with Crippen molar-refractivity contribution in [2.75, 3.05) is 11.4 Å². The summed E-state index contributed by atoms with van der Waals surface area (Å²) in [5, 5.41) is 9.13. The van der Waals surface area contributed by atoms with Crippen molar-refractivity contribution in [3.05, 3.63) is 29.3 Å². The molecule has 0 spiro atoms. The molecule has 0 aliphatic carbocycles. The van der Waals surface area contributed by atoms with E-state index in [-0.39, 0.29) is 18.4 Å². The first-order chi connectivity index (χ1) is 9.72. The molecule has 0 aromatic heterocycles. The summed E-state index contributed by atoms with van der Waals surface area (Å²) in [5.41, 5.74) is 2.85. The van der Waals surface area contributed by atoms with Crippen molar-refractivity contribution in [1.82, 2.24) is 0 Å². The third-order valence-electron chi connectivity index (χ3n) is 3.42. The summed E-state index contributed by atoms with van der Waals surface area (Å²) in [5.74, 6) is -1.26. The van der Waals surface area contributed by atoms with Crippen LogP contribution in [0.2, 0.25) is 0 Å². The number of nitrogens with zero attached hydrogens (tertiary/aromatic N) is 1. The molecule has 1 N–H and O–H groups in total.